The molecule has 0 aromatic heterocycles. The van der Waals surface area contributed by atoms with Crippen LogP contribution in [0.1, 0.15) is 48.1 Å². The minimum Gasteiger partial charge on any atom is -0.394 e. The number of aliphatic hydroxyl groups excluding tert-OH is 1. The lowest BCUT2D eigenvalue weighted by molar-refractivity contribution is -0.142. The lowest BCUT2D eigenvalue weighted by Crippen LogP contribution is -2.53. The van der Waals surface area contributed by atoms with Crippen LogP contribution in [0, 0.1) is 25.7 Å². The molecule has 0 radical (unpaired) electrons. The Morgan fingerprint density at radius 1 is 0.952 bits per heavy atom. The Labute approximate surface area is 251 Å². The van der Waals surface area contributed by atoms with E-state index in [-0.39, 0.29) is 24.3 Å². The number of carbonyl (C=O) groups excluding carboxylic acids is 3. The zero-order valence-corrected chi connectivity index (χ0v) is 25.0. The van der Waals surface area contributed by atoms with E-state index in [9.17, 15) is 19.5 Å². The fourth-order valence-electron chi connectivity index (χ4n) is 7.53. The molecule has 6 atom stereocenters. The summed E-state index contributed by atoms with van der Waals surface area (Å²) >= 11 is 1.63. The number of thioether (sulfide) groups is 1. The maximum Gasteiger partial charge on any atom is 0.248 e. The number of benzene rings is 3. The highest BCUT2D eigenvalue weighted by atomic mass is 32.2. The summed E-state index contributed by atoms with van der Waals surface area (Å²) in [4.78, 5) is 44.6. The van der Waals surface area contributed by atoms with Gasteiger partial charge in [-0.3, -0.25) is 14.4 Å². The number of amides is 3. The summed E-state index contributed by atoms with van der Waals surface area (Å²) in [5.74, 6) is -1.95. The molecule has 3 N–H and O–H groups in total. The van der Waals surface area contributed by atoms with Gasteiger partial charge in [0.1, 0.15) is 6.04 Å². The van der Waals surface area contributed by atoms with E-state index in [1.54, 1.807) is 16.7 Å². The van der Waals surface area contributed by atoms with Gasteiger partial charge in [0.05, 0.1) is 29.2 Å². The number of anilines is 1. The van der Waals surface area contributed by atoms with Crippen molar-refractivity contribution in [1.82, 2.24) is 10.2 Å². The molecule has 6 rings (SSSR count). The molecule has 42 heavy (non-hydrogen) atoms. The number of likely N-dealkylation sites (tertiary alicyclic amines) is 1. The zero-order chi connectivity index (χ0) is 29.6. The van der Waals surface area contributed by atoms with Gasteiger partial charge in [0.25, 0.3) is 0 Å². The van der Waals surface area contributed by atoms with E-state index in [0.29, 0.717) is 13.0 Å². The molecular weight excluding hydrogens is 546 g/mol. The molecule has 3 heterocycles. The van der Waals surface area contributed by atoms with Gasteiger partial charge in [-0.05, 0) is 55.9 Å². The Bertz CT molecular complexity index is 1500. The Balaban J connectivity index is 1.40. The molecule has 3 fully saturated rings. The molecule has 3 aliphatic rings. The van der Waals surface area contributed by atoms with Gasteiger partial charge in [-0.2, -0.15) is 0 Å². The SMILES string of the molecule is Cc1cccc(C)c1NC(=O)C1N([C@H](CO)c2ccccc2)C(=O)[C@@H]2[C@H](C(=O)NCc3ccccc3)[C@]3(C)CCC12S3. The molecule has 1 spiro atoms. The van der Waals surface area contributed by atoms with Crippen molar-refractivity contribution < 1.29 is 19.5 Å². The van der Waals surface area contributed by atoms with Gasteiger partial charge in [-0.15, -0.1) is 11.8 Å². The minimum atomic E-state index is -0.856. The number of hydrogen-bond donors (Lipinski definition) is 3. The van der Waals surface area contributed by atoms with Gasteiger partial charge in [-0.25, -0.2) is 0 Å². The first-order valence-electron chi connectivity index (χ1n) is 14.6. The van der Waals surface area contributed by atoms with Gasteiger partial charge in [0.2, 0.25) is 17.7 Å². The monoisotopic (exact) mass is 583 g/mol. The highest BCUT2D eigenvalue weighted by Crippen LogP contribution is 2.72. The number of aliphatic hydroxyl groups is 1. The smallest absolute Gasteiger partial charge is 0.248 e. The van der Waals surface area contributed by atoms with Crippen LogP contribution in [-0.2, 0) is 20.9 Å². The van der Waals surface area contributed by atoms with E-state index in [0.717, 1.165) is 34.4 Å². The topological polar surface area (TPSA) is 98.7 Å². The number of hydrogen-bond acceptors (Lipinski definition) is 5. The predicted octanol–water partition coefficient (Wildman–Crippen LogP) is 4.77. The summed E-state index contributed by atoms with van der Waals surface area (Å²) < 4.78 is -1.27. The van der Waals surface area contributed by atoms with Crippen LogP contribution in [0.4, 0.5) is 5.69 Å². The molecule has 0 saturated carbocycles. The van der Waals surface area contributed by atoms with E-state index in [4.69, 9.17) is 0 Å². The molecule has 2 unspecified atom stereocenters. The largest absolute Gasteiger partial charge is 0.394 e. The van der Waals surface area contributed by atoms with E-state index in [2.05, 4.69) is 17.6 Å². The van der Waals surface area contributed by atoms with Gasteiger partial charge >= 0.3 is 0 Å². The lowest BCUT2D eigenvalue weighted by Gasteiger charge is -2.37. The number of nitrogens with zero attached hydrogens (tertiary/aromatic N) is 1. The third-order valence-corrected chi connectivity index (χ3v) is 11.5. The van der Waals surface area contributed by atoms with Crippen LogP contribution in [0.25, 0.3) is 0 Å². The number of rotatable bonds is 8. The molecule has 0 aliphatic carbocycles. The average Bonchev–Trinajstić information content (AvgIpc) is 3.56. The number of aryl methyl sites for hydroxylation is 2. The van der Waals surface area contributed by atoms with Crippen molar-refractivity contribution in [3.63, 3.8) is 0 Å². The molecule has 218 valence electrons. The normalized spacial score (nSPS) is 28.4. The summed E-state index contributed by atoms with van der Waals surface area (Å²) in [6, 6.07) is 23.4. The Morgan fingerprint density at radius 3 is 2.24 bits per heavy atom. The van der Waals surface area contributed by atoms with Gasteiger partial charge in [0.15, 0.2) is 0 Å². The van der Waals surface area contributed by atoms with Crippen LogP contribution < -0.4 is 10.6 Å². The van der Waals surface area contributed by atoms with Crippen molar-refractivity contribution in [2.75, 3.05) is 11.9 Å². The molecule has 3 amide bonds. The predicted molar refractivity (Wildman–Crippen MR) is 165 cm³/mol. The second-order valence-corrected chi connectivity index (χ2v) is 13.9. The Morgan fingerprint density at radius 2 is 1.60 bits per heavy atom. The fourth-order valence-corrected chi connectivity index (χ4v) is 9.87. The number of carbonyl (C=O) groups is 3. The van der Waals surface area contributed by atoms with Crippen LogP contribution in [0.3, 0.4) is 0 Å². The first kappa shape index (κ1) is 28.5. The standard InChI is InChI=1S/C34H37N3O4S/c1-21-11-10-12-22(2)28(21)36-31(40)29-34-18-17-33(3,42-34)26(30(39)35-19-23-13-6-4-7-14-23)27(34)32(41)37(29)25(20-38)24-15-8-5-9-16-24/h4-16,25-27,29,38H,17-20H2,1-3H3,(H,35,39)(H,36,40)/t25-,26-,27+,29?,33+,34?/m1/s1. The van der Waals surface area contributed by atoms with Gasteiger partial charge in [-0.1, -0.05) is 78.9 Å². The molecule has 8 heteroatoms. The van der Waals surface area contributed by atoms with Crippen molar-refractivity contribution in [3.05, 3.63) is 101 Å². The van der Waals surface area contributed by atoms with Crippen molar-refractivity contribution in [2.45, 2.75) is 61.7 Å². The Kier molecular flexibility index (Phi) is 7.39. The molecule has 3 aromatic rings. The number of para-hydroxylation sites is 1. The molecule has 3 saturated heterocycles. The maximum atomic E-state index is 14.6. The van der Waals surface area contributed by atoms with E-state index >= 15 is 0 Å². The maximum absolute atomic E-state index is 14.6. The van der Waals surface area contributed by atoms with E-state index in [1.807, 2.05) is 92.7 Å². The summed E-state index contributed by atoms with van der Waals surface area (Å²) in [5, 5.41) is 17.0. The molecular formula is C34H37N3O4S. The molecule has 7 nitrogen and oxygen atoms in total. The molecule has 2 bridgehead atoms. The van der Waals surface area contributed by atoms with Crippen LogP contribution in [0.2, 0.25) is 0 Å². The average molecular weight is 584 g/mol. The van der Waals surface area contributed by atoms with Crippen LogP contribution in [0.15, 0.2) is 78.9 Å². The summed E-state index contributed by atoms with van der Waals surface area (Å²) in [6.45, 7) is 6.00. The summed E-state index contributed by atoms with van der Waals surface area (Å²) in [6.07, 6.45) is 1.36. The van der Waals surface area contributed by atoms with Crippen LogP contribution >= 0.6 is 11.8 Å². The van der Waals surface area contributed by atoms with Gasteiger partial charge < -0.3 is 20.6 Å². The second-order valence-electron chi connectivity index (χ2n) is 12.0. The first-order valence-corrected chi connectivity index (χ1v) is 15.4. The lowest BCUT2D eigenvalue weighted by atomic mass is 9.66. The van der Waals surface area contributed by atoms with Crippen molar-refractivity contribution in [2.24, 2.45) is 11.8 Å². The fraction of sp³-hybridized carbons (Fsp3) is 0.382. The van der Waals surface area contributed by atoms with E-state index in [1.165, 1.54) is 0 Å². The van der Waals surface area contributed by atoms with Crippen molar-refractivity contribution >= 4 is 35.2 Å². The molecule has 3 aromatic carbocycles. The first-order chi connectivity index (χ1) is 20.2. The Hall–Kier alpha value is -3.62. The molecule has 3 aliphatic heterocycles. The zero-order valence-electron chi connectivity index (χ0n) is 24.2. The van der Waals surface area contributed by atoms with Crippen molar-refractivity contribution in [3.8, 4) is 0 Å². The summed E-state index contributed by atoms with van der Waals surface area (Å²) in [5.41, 5.74) is 4.34. The number of fused-ring (bicyclic) bond motifs is 1. The van der Waals surface area contributed by atoms with E-state index < -0.39 is 33.4 Å². The third kappa shape index (κ3) is 4.52. The number of nitrogens with one attached hydrogen (secondary N) is 2. The third-order valence-electron chi connectivity index (χ3n) is 9.48. The van der Waals surface area contributed by atoms with Crippen LogP contribution in [-0.4, -0.2) is 49.9 Å². The quantitative estimate of drug-likeness (QED) is 0.355. The van der Waals surface area contributed by atoms with Crippen molar-refractivity contribution in [1.29, 1.82) is 0 Å². The summed E-state index contributed by atoms with van der Waals surface area (Å²) in [7, 11) is 0. The highest BCUT2D eigenvalue weighted by Gasteiger charge is 2.77. The van der Waals surface area contributed by atoms with Gasteiger partial charge in [0, 0.05) is 17.0 Å². The van der Waals surface area contributed by atoms with Crippen LogP contribution in [0.5, 0.6) is 0 Å². The highest BCUT2D eigenvalue weighted by molar-refractivity contribution is 8.02. The minimum absolute atomic E-state index is 0.162. The second kappa shape index (κ2) is 10.9.